The summed E-state index contributed by atoms with van der Waals surface area (Å²) in [7, 11) is 0. The molecule has 0 N–H and O–H groups in total. The van der Waals surface area contributed by atoms with E-state index in [0.29, 0.717) is 25.6 Å². The number of hydrogen-bond donors (Lipinski definition) is 0. The minimum absolute atomic E-state index is 0.0911. The lowest BCUT2D eigenvalue weighted by molar-refractivity contribution is 0.0859. The normalized spacial score (nSPS) is 19.3. The van der Waals surface area contributed by atoms with Crippen molar-refractivity contribution in [3.05, 3.63) is 75.7 Å². The van der Waals surface area contributed by atoms with Crippen LogP contribution >= 0.6 is 11.3 Å². The van der Waals surface area contributed by atoms with Gasteiger partial charge in [-0.05, 0) is 94.4 Å². The van der Waals surface area contributed by atoms with Crippen LogP contribution in [-0.2, 0) is 11.3 Å². The molecule has 1 amide bonds. The number of ketones is 1. The van der Waals surface area contributed by atoms with Gasteiger partial charge in [-0.15, -0.1) is 11.3 Å². The quantitative estimate of drug-likeness (QED) is 0.194. The van der Waals surface area contributed by atoms with Gasteiger partial charge in [0, 0.05) is 39.9 Å². The van der Waals surface area contributed by atoms with E-state index in [1.807, 2.05) is 23.1 Å². The number of carbonyl (C=O) groups is 2. The number of amides is 1. The third kappa shape index (κ3) is 7.61. The van der Waals surface area contributed by atoms with Gasteiger partial charge in [-0.1, -0.05) is 55.8 Å². The van der Waals surface area contributed by atoms with Crippen molar-refractivity contribution in [1.29, 1.82) is 0 Å². The Bertz CT molecular complexity index is 1440. The summed E-state index contributed by atoms with van der Waals surface area (Å²) in [6.45, 7) is 10.1. The number of fused-ring (bicyclic) bond motifs is 1. The molecule has 1 fully saturated rings. The second-order valence-corrected chi connectivity index (χ2v) is 13.4. The minimum Gasteiger partial charge on any atom is -0.444 e. The fraction of sp³-hybridized carbons (Fsp3) is 0.500. The van der Waals surface area contributed by atoms with Crippen LogP contribution in [0.3, 0.4) is 0 Å². The third-order valence-corrected chi connectivity index (χ3v) is 10.3. The zero-order chi connectivity index (χ0) is 30.3. The number of thiophene rings is 1. The predicted octanol–water partition coefficient (Wildman–Crippen LogP) is 10.4. The number of Topliss-reactive ketones (excluding diaryl/α,β-unsaturated/α-hetero) is 1. The SMILES string of the molecule is CCCN(CCCC1CCC(C(=O)c2ccc3c(c2)N=NC3CC)CC1)C(=O)OCc1sc(-c2ccc(C)cc2)cc1C. The Labute approximate surface area is 260 Å². The molecule has 0 radical (unpaired) electrons. The molecular formula is C36H45N3O3S. The van der Waals surface area contributed by atoms with E-state index < -0.39 is 0 Å². The number of azo groups is 1. The highest BCUT2D eigenvalue weighted by atomic mass is 32.1. The Morgan fingerprint density at radius 2 is 1.74 bits per heavy atom. The Kier molecular flexibility index (Phi) is 10.4. The molecule has 1 aromatic heterocycles. The molecule has 1 atom stereocenters. The zero-order valence-corrected chi connectivity index (χ0v) is 26.9. The van der Waals surface area contributed by atoms with Gasteiger partial charge in [0.05, 0.1) is 11.7 Å². The number of benzene rings is 2. The lowest BCUT2D eigenvalue weighted by Gasteiger charge is -2.28. The first-order chi connectivity index (χ1) is 20.9. The lowest BCUT2D eigenvalue weighted by Crippen LogP contribution is -2.33. The van der Waals surface area contributed by atoms with Crippen LogP contribution < -0.4 is 0 Å². The standard InChI is InChI=1S/C36H45N3O3S/c1-5-19-39(36(41)42-23-34-25(4)21-33(43-34)27-13-9-24(3)10-14-27)20-7-8-26-11-15-28(16-12-26)35(40)29-17-18-30-31(6-2)37-38-32(30)22-29/h9-10,13-14,17-18,21-22,26,28,31H,5-8,11-12,15-16,19-20,23H2,1-4H3. The van der Waals surface area contributed by atoms with Gasteiger partial charge in [-0.25, -0.2) is 4.79 Å². The molecular weight excluding hydrogens is 554 g/mol. The van der Waals surface area contributed by atoms with Crippen LogP contribution in [0.15, 0.2) is 58.8 Å². The molecule has 2 aromatic carbocycles. The van der Waals surface area contributed by atoms with Gasteiger partial charge < -0.3 is 9.64 Å². The molecule has 5 rings (SSSR count). The number of carbonyl (C=O) groups excluding carboxylic acids is 2. The lowest BCUT2D eigenvalue weighted by atomic mass is 9.77. The molecule has 2 aliphatic rings. The Balaban J connectivity index is 1.06. The Morgan fingerprint density at radius 1 is 0.977 bits per heavy atom. The number of nitrogens with zero attached hydrogens (tertiary/aromatic N) is 3. The molecule has 1 aliphatic carbocycles. The number of ether oxygens (including phenoxy) is 1. The molecule has 0 spiro atoms. The monoisotopic (exact) mass is 599 g/mol. The molecule has 0 bridgehead atoms. The molecule has 43 heavy (non-hydrogen) atoms. The summed E-state index contributed by atoms with van der Waals surface area (Å²) >= 11 is 1.70. The van der Waals surface area contributed by atoms with Crippen LogP contribution in [0.4, 0.5) is 10.5 Å². The topological polar surface area (TPSA) is 71.3 Å². The molecule has 1 unspecified atom stereocenters. The number of aryl methyl sites for hydroxylation is 2. The maximum atomic E-state index is 13.2. The zero-order valence-electron chi connectivity index (χ0n) is 26.1. The summed E-state index contributed by atoms with van der Waals surface area (Å²) in [5.41, 5.74) is 6.38. The van der Waals surface area contributed by atoms with Crippen LogP contribution in [0.5, 0.6) is 0 Å². The summed E-state index contributed by atoms with van der Waals surface area (Å²) in [5.74, 6) is 0.949. The predicted molar refractivity (Wildman–Crippen MR) is 174 cm³/mol. The number of hydrogen-bond acceptors (Lipinski definition) is 6. The van der Waals surface area contributed by atoms with Gasteiger partial charge in [0.15, 0.2) is 5.78 Å². The van der Waals surface area contributed by atoms with E-state index in [4.69, 9.17) is 4.74 Å². The van der Waals surface area contributed by atoms with Crippen LogP contribution in [0.2, 0.25) is 0 Å². The average Bonchev–Trinajstić information content (AvgIpc) is 3.62. The second-order valence-electron chi connectivity index (χ2n) is 12.3. The van der Waals surface area contributed by atoms with E-state index in [-0.39, 0.29) is 23.8 Å². The molecule has 7 heteroatoms. The third-order valence-electron chi connectivity index (χ3n) is 9.06. The van der Waals surface area contributed by atoms with Gasteiger partial charge >= 0.3 is 6.09 Å². The van der Waals surface area contributed by atoms with Gasteiger partial charge in [-0.3, -0.25) is 4.79 Å². The summed E-state index contributed by atoms with van der Waals surface area (Å²) in [6.07, 6.45) is 7.65. The van der Waals surface area contributed by atoms with E-state index in [9.17, 15) is 9.59 Å². The fourth-order valence-corrected chi connectivity index (χ4v) is 7.48. The van der Waals surface area contributed by atoms with E-state index in [1.54, 1.807) is 11.3 Å². The first-order valence-corrected chi connectivity index (χ1v) is 16.8. The molecule has 1 saturated carbocycles. The highest BCUT2D eigenvalue weighted by Crippen LogP contribution is 2.39. The van der Waals surface area contributed by atoms with E-state index >= 15 is 0 Å². The molecule has 0 saturated heterocycles. The average molecular weight is 600 g/mol. The smallest absolute Gasteiger partial charge is 0.410 e. The van der Waals surface area contributed by atoms with E-state index in [2.05, 4.69) is 68.3 Å². The minimum atomic E-state index is -0.222. The van der Waals surface area contributed by atoms with Crippen LogP contribution in [0, 0.1) is 25.7 Å². The Hall–Kier alpha value is -3.32. The van der Waals surface area contributed by atoms with Crippen molar-refractivity contribution in [2.75, 3.05) is 13.1 Å². The molecule has 3 aromatic rings. The second kappa shape index (κ2) is 14.4. The van der Waals surface area contributed by atoms with Gasteiger partial charge in [0.25, 0.3) is 0 Å². The van der Waals surface area contributed by atoms with Crippen LogP contribution in [0.1, 0.15) is 103 Å². The molecule has 228 valence electrons. The first kappa shape index (κ1) is 31.1. The maximum absolute atomic E-state index is 13.2. The molecule has 2 heterocycles. The molecule has 1 aliphatic heterocycles. The maximum Gasteiger partial charge on any atom is 0.410 e. The van der Waals surface area contributed by atoms with Crippen LogP contribution in [0.25, 0.3) is 10.4 Å². The van der Waals surface area contributed by atoms with E-state index in [1.165, 1.54) is 16.0 Å². The summed E-state index contributed by atoms with van der Waals surface area (Å²) < 4.78 is 5.80. The van der Waals surface area contributed by atoms with E-state index in [0.717, 1.165) is 78.6 Å². The van der Waals surface area contributed by atoms with Gasteiger partial charge in [0.2, 0.25) is 0 Å². The van der Waals surface area contributed by atoms with Crippen LogP contribution in [-0.4, -0.2) is 29.9 Å². The fourth-order valence-electron chi connectivity index (χ4n) is 6.39. The van der Waals surface area contributed by atoms with Gasteiger partial charge in [0.1, 0.15) is 6.61 Å². The van der Waals surface area contributed by atoms with Crippen molar-refractivity contribution < 1.29 is 14.3 Å². The van der Waals surface area contributed by atoms with Gasteiger partial charge in [-0.2, -0.15) is 10.2 Å². The summed E-state index contributed by atoms with van der Waals surface area (Å²) in [6, 6.07) is 16.8. The highest BCUT2D eigenvalue weighted by molar-refractivity contribution is 7.15. The summed E-state index contributed by atoms with van der Waals surface area (Å²) in [4.78, 5) is 30.4. The molecule has 6 nitrogen and oxygen atoms in total. The Morgan fingerprint density at radius 3 is 2.47 bits per heavy atom. The van der Waals surface area contributed by atoms with Crippen molar-refractivity contribution in [3.8, 4) is 10.4 Å². The van der Waals surface area contributed by atoms with Crippen molar-refractivity contribution in [2.45, 2.75) is 91.7 Å². The first-order valence-electron chi connectivity index (χ1n) is 16.0. The largest absolute Gasteiger partial charge is 0.444 e. The highest BCUT2D eigenvalue weighted by Gasteiger charge is 2.28. The summed E-state index contributed by atoms with van der Waals surface area (Å²) in [5, 5.41) is 8.64. The van der Waals surface area contributed by atoms with Crippen molar-refractivity contribution in [3.63, 3.8) is 0 Å². The van der Waals surface area contributed by atoms with Crippen molar-refractivity contribution in [2.24, 2.45) is 22.1 Å². The number of rotatable bonds is 12. The van der Waals surface area contributed by atoms with Crippen molar-refractivity contribution in [1.82, 2.24) is 4.90 Å². The van der Waals surface area contributed by atoms with Crippen molar-refractivity contribution >= 4 is 28.9 Å².